The fraction of sp³-hybridized carbons (Fsp3) is 0.222. The number of phenols is 1. The van der Waals surface area contributed by atoms with Gasteiger partial charge in [-0.1, -0.05) is 6.07 Å². The SMILES string of the molecule is CC(=N)c1cc(O)ccc1N.N#Cc1ccc2c(c1)CCC2. The Bertz CT molecular complexity index is 744. The second-order valence-electron chi connectivity index (χ2n) is 5.35. The molecule has 0 bridgehead atoms. The third kappa shape index (κ3) is 3.64. The van der Waals surface area contributed by atoms with Crippen molar-refractivity contribution in [1.82, 2.24) is 0 Å². The second kappa shape index (κ2) is 6.77. The molecule has 0 saturated heterocycles. The van der Waals surface area contributed by atoms with Gasteiger partial charge in [-0.2, -0.15) is 5.26 Å². The predicted octanol–water partition coefficient (Wildman–Crippen LogP) is 3.41. The van der Waals surface area contributed by atoms with Crippen LogP contribution < -0.4 is 5.73 Å². The number of rotatable bonds is 1. The molecule has 0 atom stereocenters. The smallest absolute Gasteiger partial charge is 0.116 e. The summed E-state index contributed by atoms with van der Waals surface area (Å²) in [5.41, 5.74) is 10.6. The third-order valence-corrected chi connectivity index (χ3v) is 3.67. The molecule has 0 saturated carbocycles. The van der Waals surface area contributed by atoms with E-state index in [-0.39, 0.29) is 5.75 Å². The number of anilines is 1. The van der Waals surface area contributed by atoms with Gasteiger partial charge in [-0.3, -0.25) is 0 Å². The van der Waals surface area contributed by atoms with E-state index in [1.54, 1.807) is 13.0 Å². The average Bonchev–Trinajstić information content (AvgIpc) is 2.97. The van der Waals surface area contributed by atoms with Gasteiger partial charge in [0.25, 0.3) is 0 Å². The number of fused-ring (bicyclic) bond motifs is 1. The first-order valence-corrected chi connectivity index (χ1v) is 7.17. The van der Waals surface area contributed by atoms with E-state index in [2.05, 4.69) is 12.1 Å². The summed E-state index contributed by atoms with van der Waals surface area (Å²) in [6.07, 6.45) is 3.61. The first-order valence-electron chi connectivity index (χ1n) is 7.17. The van der Waals surface area contributed by atoms with Crippen LogP contribution in [0, 0.1) is 16.7 Å². The van der Waals surface area contributed by atoms with Crippen LogP contribution in [-0.2, 0) is 12.8 Å². The molecule has 1 aliphatic rings. The molecule has 0 aliphatic heterocycles. The highest BCUT2D eigenvalue weighted by Crippen LogP contribution is 2.22. The summed E-state index contributed by atoms with van der Waals surface area (Å²) in [5.74, 6) is 0.140. The van der Waals surface area contributed by atoms with Gasteiger partial charge in [0.1, 0.15) is 5.75 Å². The fourth-order valence-corrected chi connectivity index (χ4v) is 2.51. The molecule has 0 fully saturated rings. The van der Waals surface area contributed by atoms with Crippen LogP contribution in [-0.4, -0.2) is 10.8 Å². The molecule has 4 heteroatoms. The highest BCUT2D eigenvalue weighted by Gasteiger charge is 2.09. The van der Waals surface area contributed by atoms with Crippen LogP contribution in [0.3, 0.4) is 0 Å². The maximum absolute atomic E-state index is 9.03. The Kier molecular flexibility index (Phi) is 4.80. The number of benzene rings is 2. The summed E-state index contributed by atoms with van der Waals surface area (Å²) in [4.78, 5) is 0. The molecular weight excluding hydrogens is 274 g/mol. The average molecular weight is 293 g/mol. The topological polar surface area (TPSA) is 93.9 Å². The number of aryl methyl sites for hydroxylation is 2. The lowest BCUT2D eigenvalue weighted by Crippen LogP contribution is -1.98. The van der Waals surface area contributed by atoms with Crippen LogP contribution in [0.4, 0.5) is 5.69 Å². The zero-order valence-electron chi connectivity index (χ0n) is 12.6. The Morgan fingerprint density at radius 1 is 1.18 bits per heavy atom. The molecule has 4 N–H and O–H groups in total. The van der Waals surface area contributed by atoms with E-state index in [9.17, 15) is 0 Å². The van der Waals surface area contributed by atoms with E-state index in [1.807, 2.05) is 12.1 Å². The summed E-state index contributed by atoms with van der Waals surface area (Å²) >= 11 is 0. The molecule has 22 heavy (non-hydrogen) atoms. The molecule has 2 aromatic rings. The van der Waals surface area contributed by atoms with Crippen molar-refractivity contribution >= 4 is 11.4 Å². The van der Waals surface area contributed by atoms with E-state index in [0.29, 0.717) is 17.0 Å². The van der Waals surface area contributed by atoms with Crippen molar-refractivity contribution < 1.29 is 5.11 Å². The number of hydrogen-bond donors (Lipinski definition) is 3. The maximum atomic E-state index is 9.03. The van der Waals surface area contributed by atoms with Crippen LogP contribution in [0.25, 0.3) is 0 Å². The minimum absolute atomic E-state index is 0.140. The van der Waals surface area contributed by atoms with Gasteiger partial charge in [0.2, 0.25) is 0 Å². The normalized spacial score (nSPS) is 11.8. The molecule has 0 radical (unpaired) electrons. The number of nitrogen functional groups attached to an aromatic ring is 1. The second-order valence-corrected chi connectivity index (χ2v) is 5.35. The summed E-state index contributed by atoms with van der Waals surface area (Å²) in [7, 11) is 0. The van der Waals surface area contributed by atoms with Crippen LogP contribution >= 0.6 is 0 Å². The Hall–Kier alpha value is -2.80. The molecule has 0 unspecified atom stereocenters. The van der Waals surface area contributed by atoms with E-state index < -0.39 is 0 Å². The number of nitriles is 1. The zero-order chi connectivity index (χ0) is 16.1. The Labute approximate surface area is 130 Å². The van der Waals surface area contributed by atoms with Gasteiger partial charge in [-0.15, -0.1) is 0 Å². The molecule has 4 nitrogen and oxygen atoms in total. The third-order valence-electron chi connectivity index (χ3n) is 3.67. The standard InChI is InChI=1S/C10H9N.C8H10N2O/c11-7-8-4-5-9-2-1-3-10(9)6-8;1-5(9)7-4-6(11)2-3-8(7)10/h4-6H,1-3H2;2-4,9,11H,10H2,1H3. The van der Waals surface area contributed by atoms with E-state index in [4.69, 9.17) is 21.5 Å². The van der Waals surface area contributed by atoms with E-state index >= 15 is 0 Å². The van der Waals surface area contributed by atoms with Crippen molar-refractivity contribution in [2.45, 2.75) is 26.2 Å². The number of phenolic OH excluding ortho intramolecular Hbond substituents is 1. The van der Waals surface area contributed by atoms with Crippen LogP contribution in [0.15, 0.2) is 36.4 Å². The lowest BCUT2D eigenvalue weighted by molar-refractivity contribution is 0.475. The highest BCUT2D eigenvalue weighted by molar-refractivity contribution is 6.01. The molecule has 2 aromatic carbocycles. The first kappa shape index (κ1) is 15.6. The number of nitrogens with one attached hydrogen (secondary N) is 1. The Balaban J connectivity index is 0.000000160. The van der Waals surface area contributed by atoms with Crippen molar-refractivity contribution in [2.75, 3.05) is 5.73 Å². The minimum atomic E-state index is 0.140. The van der Waals surface area contributed by atoms with Gasteiger partial charge < -0.3 is 16.2 Å². The highest BCUT2D eigenvalue weighted by atomic mass is 16.3. The van der Waals surface area contributed by atoms with Gasteiger partial charge >= 0.3 is 0 Å². The molecule has 0 spiro atoms. The Morgan fingerprint density at radius 3 is 2.55 bits per heavy atom. The lowest BCUT2D eigenvalue weighted by atomic mass is 10.1. The van der Waals surface area contributed by atoms with E-state index in [1.165, 1.54) is 36.1 Å². The van der Waals surface area contributed by atoms with Gasteiger partial charge in [0.15, 0.2) is 0 Å². The summed E-state index contributed by atoms with van der Waals surface area (Å²) in [5, 5.41) is 24.9. The van der Waals surface area contributed by atoms with Gasteiger partial charge in [0.05, 0.1) is 11.6 Å². The molecule has 1 aliphatic carbocycles. The summed E-state index contributed by atoms with van der Waals surface area (Å²) in [6.45, 7) is 1.63. The molecule has 3 rings (SSSR count). The molecule has 0 aromatic heterocycles. The fourth-order valence-electron chi connectivity index (χ4n) is 2.51. The van der Waals surface area contributed by atoms with Crippen LogP contribution in [0.5, 0.6) is 5.75 Å². The van der Waals surface area contributed by atoms with Gasteiger partial charge in [-0.05, 0) is 67.6 Å². The molecular formula is C18H19N3O. The van der Waals surface area contributed by atoms with Gasteiger partial charge in [0, 0.05) is 17.0 Å². The van der Waals surface area contributed by atoms with E-state index in [0.717, 1.165) is 12.0 Å². The molecule has 112 valence electrons. The van der Waals surface area contributed by atoms with Crippen molar-refractivity contribution in [1.29, 1.82) is 10.7 Å². The quantitative estimate of drug-likeness (QED) is 0.427. The first-order chi connectivity index (χ1) is 10.5. The van der Waals surface area contributed by atoms with Crippen molar-refractivity contribution in [2.24, 2.45) is 0 Å². The number of nitrogens with zero attached hydrogens (tertiary/aromatic N) is 1. The van der Waals surface area contributed by atoms with Crippen LogP contribution in [0.2, 0.25) is 0 Å². The number of nitrogens with two attached hydrogens (primary N) is 1. The van der Waals surface area contributed by atoms with Crippen LogP contribution in [0.1, 0.15) is 35.6 Å². The largest absolute Gasteiger partial charge is 0.508 e. The maximum Gasteiger partial charge on any atom is 0.116 e. The monoisotopic (exact) mass is 293 g/mol. The number of hydrogen-bond acceptors (Lipinski definition) is 4. The van der Waals surface area contributed by atoms with Gasteiger partial charge in [-0.25, -0.2) is 0 Å². The minimum Gasteiger partial charge on any atom is -0.508 e. The lowest BCUT2D eigenvalue weighted by Gasteiger charge is -2.02. The predicted molar refractivity (Wildman–Crippen MR) is 88.2 cm³/mol. The van der Waals surface area contributed by atoms with Crippen molar-refractivity contribution in [3.63, 3.8) is 0 Å². The molecule has 0 heterocycles. The summed E-state index contributed by atoms with van der Waals surface area (Å²) < 4.78 is 0. The van der Waals surface area contributed by atoms with Crippen molar-refractivity contribution in [3.05, 3.63) is 58.7 Å². The number of aromatic hydroxyl groups is 1. The Morgan fingerprint density at radius 2 is 1.91 bits per heavy atom. The summed E-state index contributed by atoms with van der Waals surface area (Å²) in [6, 6.07) is 12.7. The molecule has 0 amide bonds. The zero-order valence-corrected chi connectivity index (χ0v) is 12.6. The van der Waals surface area contributed by atoms with Crippen molar-refractivity contribution in [3.8, 4) is 11.8 Å².